The van der Waals surface area contributed by atoms with Crippen LogP contribution in [0.15, 0.2) is 32.8 Å². The van der Waals surface area contributed by atoms with Gasteiger partial charge < -0.3 is 10.5 Å². The van der Waals surface area contributed by atoms with Gasteiger partial charge in [-0.1, -0.05) is 17.8 Å². The molecule has 0 bridgehead atoms. The minimum Gasteiger partial charge on any atom is -0.496 e. The maximum atomic E-state index is 6.04. The average molecular weight is 280 g/mol. The van der Waals surface area contributed by atoms with Crippen molar-refractivity contribution in [1.29, 1.82) is 0 Å². The molecule has 0 aliphatic carbocycles. The van der Waals surface area contributed by atoms with Crippen molar-refractivity contribution < 1.29 is 4.74 Å². The Morgan fingerprint density at radius 1 is 1.44 bits per heavy atom. The summed E-state index contributed by atoms with van der Waals surface area (Å²) in [5.74, 6) is 0.836. The lowest BCUT2D eigenvalue weighted by molar-refractivity contribution is 0.405. The highest BCUT2D eigenvalue weighted by Crippen LogP contribution is 2.38. The molecule has 18 heavy (non-hydrogen) atoms. The summed E-state index contributed by atoms with van der Waals surface area (Å²) in [4.78, 5) is 5.57. The third kappa shape index (κ3) is 2.85. The minimum atomic E-state index is -0.0651. The Morgan fingerprint density at radius 2 is 2.22 bits per heavy atom. The molecule has 1 heterocycles. The van der Waals surface area contributed by atoms with Crippen LogP contribution < -0.4 is 10.5 Å². The van der Waals surface area contributed by atoms with Crippen LogP contribution in [0.5, 0.6) is 5.75 Å². The van der Waals surface area contributed by atoms with Gasteiger partial charge in [0.15, 0.2) is 4.34 Å². The molecule has 1 aromatic heterocycles. The highest BCUT2D eigenvalue weighted by Gasteiger charge is 2.15. The number of methoxy groups -OCH3 is 1. The van der Waals surface area contributed by atoms with E-state index in [2.05, 4.69) is 11.1 Å². The van der Waals surface area contributed by atoms with Gasteiger partial charge in [-0.25, -0.2) is 4.98 Å². The lowest BCUT2D eigenvalue weighted by atomic mass is 10.1. The van der Waals surface area contributed by atoms with Crippen molar-refractivity contribution in [3.63, 3.8) is 0 Å². The first-order valence-corrected chi connectivity index (χ1v) is 7.34. The molecule has 0 aliphatic heterocycles. The summed E-state index contributed by atoms with van der Waals surface area (Å²) in [5, 5.41) is 2.05. The summed E-state index contributed by atoms with van der Waals surface area (Å²) in [6, 6.07) is 5.91. The number of hydrogen-bond donors (Lipinski definition) is 1. The van der Waals surface area contributed by atoms with Gasteiger partial charge in [0.25, 0.3) is 0 Å². The van der Waals surface area contributed by atoms with Gasteiger partial charge in [-0.05, 0) is 26.0 Å². The Morgan fingerprint density at radius 3 is 2.78 bits per heavy atom. The zero-order valence-corrected chi connectivity index (χ0v) is 12.3. The molecule has 0 fully saturated rings. The molecule has 2 N–H and O–H groups in total. The van der Waals surface area contributed by atoms with E-state index in [1.54, 1.807) is 30.2 Å². The summed E-state index contributed by atoms with van der Waals surface area (Å²) < 4.78 is 6.41. The molecule has 0 radical (unpaired) electrons. The number of rotatable bonds is 4. The molecular formula is C13H16N2OS2. The van der Waals surface area contributed by atoms with Crippen molar-refractivity contribution in [2.24, 2.45) is 5.73 Å². The van der Waals surface area contributed by atoms with Crippen LogP contribution in [0.4, 0.5) is 0 Å². The van der Waals surface area contributed by atoms with Crippen molar-refractivity contribution in [3.05, 3.63) is 34.8 Å². The van der Waals surface area contributed by atoms with E-state index in [9.17, 15) is 0 Å². The first-order valence-electron chi connectivity index (χ1n) is 5.64. The largest absolute Gasteiger partial charge is 0.496 e. The van der Waals surface area contributed by atoms with Crippen LogP contribution in [0.1, 0.15) is 24.2 Å². The van der Waals surface area contributed by atoms with Gasteiger partial charge in [0.1, 0.15) is 5.75 Å². The number of aryl methyl sites for hydroxylation is 1. The Kier molecular flexibility index (Phi) is 4.27. The molecule has 0 spiro atoms. The number of benzene rings is 1. The Labute approximate surface area is 115 Å². The second-order valence-corrected chi connectivity index (χ2v) is 6.16. The number of nitrogens with two attached hydrogens (primary N) is 1. The van der Waals surface area contributed by atoms with Gasteiger partial charge in [0, 0.05) is 27.6 Å². The monoisotopic (exact) mass is 280 g/mol. The molecule has 96 valence electrons. The molecule has 1 atom stereocenters. The molecule has 2 rings (SSSR count). The van der Waals surface area contributed by atoms with Crippen LogP contribution in [-0.4, -0.2) is 12.1 Å². The fraction of sp³-hybridized carbons (Fsp3) is 0.308. The van der Waals surface area contributed by atoms with Gasteiger partial charge in [-0.3, -0.25) is 0 Å². The standard InChI is InChI=1S/C13H16N2OS2/c1-8-7-17-13(15-8)18-11-6-4-5-10(16-3)12(11)9(2)14/h4-7,9H,14H2,1-3H3/t9-/m1/s1. The van der Waals surface area contributed by atoms with Crippen molar-refractivity contribution in [2.75, 3.05) is 7.11 Å². The van der Waals surface area contributed by atoms with Crippen molar-refractivity contribution in [2.45, 2.75) is 29.1 Å². The topological polar surface area (TPSA) is 48.1 Å². The van der Waals surface area contributed by atoms with Gasteiger partial charge in [-0.15, -0.1) is 11.3 Å². The van der Waals surface area contributed by atoms with Crippen molar-refractivity contribution in [3.8, 4) is 5.75 Å². The van der Waals surface area contributed by atoms with Crippen LogP contribution in [0, 0.1) is 6.92 Å². The van der Waals surface area contributed by atoms with Crippen molar-refractivity contribution >= 4 is 23.1 Å². The quantitative estimate of drug-likeness (QED) is 0.929. The van der Waals surface area contributed by atoms with E-state index in [4.69, 9.17) is 10.5 Å². The van der Waals surface area contributed by atoms with Crippen LogP contribution in [0.3, 0.4) is 0 Å². The Bertz CT molecular complexity index is 538. The van der Waals surface area contributed by atoms with Crippen LogP contribution in [-0.2, 0) is 0 Å². The maximum Gasteiger partial charge on any atom is 0.154 e. The molecule has 3 nitrogen and oxygen atoms in total. The molecule has 0 saturated carbocycles. The molecular weight excluding hydrogens is 264 g/mol. The zero-order valence-electron chi connectivity index (χ0n) is 10.6. The SMILES string of the molecule is COc1cccc(Sc2nc(C)cs2)c1[C@@H](C)N. The Balaban J connectivity index is 2.37. The van der Waals surface area contributed by atoms with E-state index in [1.807, 2.05) is 31.4 Å². The molecule has 0 unspecified atom stereocenters. The summed E-state index contributed by atoms with van der Waals surface area (Å²) in [6.07, 6.45) is 0. The normalized spacial score (nSPS) is 12.4. The number of nitrogens with zero attached hydrogens (tertiary/aromatic N) is 1. The number of ether oxygens (including phenoxy) is 1. The molecule has 0 saturated heterocycles. The molecule has 1 aromatic carbocycles. The third-order valence-corrected chi connectivity index (χ3v) is 4.63. The van der Waals surface area contributed by atoms with E-state index >= 15 is 0 Å². The second-order valence-electron chi connectivity index (χ2n) is 4.02. The zero-order chi connectivity index (χ0) is 13.1. The highest BCUT2D eigenvalue weighted by atomic mass is 32.2. The minimum absolute atomic E-state index is 0.0651. The van der Waals surface area contributed by atoms with E-state index in [0.29, 0.717) is 0 Å². The first kappa shape index (κ1) is 13.4. The summed E-state index contributed by atoms with van der Waals surface area (Å²) in [6.45, 7) is 3.97. The molecule has 0 aliphatic rings. The first-order chi connectivity index (χ1) is 8.61. The fourth-order valence-electron chi connectivity index (χ4n) is 1.71. The Hall–Kier alpha value is -1.04. The smallest absolute Gasteiger partial charge is 0.154 e. The van der Waals surface area contributed by atoms with Gasteiger partial charge in [0.05, 0.1) is 7.11 Å². The molecule has 2 aromatic rings. The van der Waals surface area contributed by atoms with Gasteiger partial charge in [0.2, 0.25) is 0 Å². The molecule has 0 amide bonds. The van der Waals surface area contributed by atoms with E-state index in [1.165, 1.54) is 0 Å². The second kappa shape index (κ2) is 5.73. The average Bonchev–Trinajstić information content (AvgIpc) is 2.74. The van der Waals surface area contributed by atoms with Crippen LogP contribution in [0.25, 0.3) is 0 Å². The van der Waals surface area contributed by atoms with E-state index in [0.717, 1.165) is 26.2 Å². The predicted octanol–water partition coefficient (Wildman–Crippen LogP) is 3.63. The number of hydrogen-bond acceptors (Lipinski definition) is 5. The van der Waals surface area contributed by atoms with Crippen LogP contribution in [0.2, 0.25) is 0 Å². The molecule has 5 heteroatoms. The summed E-state index contributed by atoms with van der Waals surface area (Å²) in [7, 11) is 1.67. The lowest BCUT2D eigenvalue weighted by Gasteiger charge is -2.15. The lowest BCUT2D eigenvalue weighted by Crippen LogP contribution is -2.08. The number of aromatic nitrogens is 1. The summed E-state index contributed by atoms with van der Waals surface area (Å²) in [5.41, 5.74) is 8.13. The third-order valence-electron chi connectivity index (χ3n) is 2.50. The van der Waals surface area contributed by atoms with Crippen LogP contribution >= 0.6 is 23.1 Å². The van der Waals surface area contributed by atoms with Gasteiger partial charge >= 0.3 is 0 Å². The summed E-state index contributed by atoms with van der Waals surface area (Å²) >= 11 is 3.29. The van der Waals surface area contributed by atoms with E-state index < -0.39 is 0 Å². The van der Waals surface area contributed by atoms with E-state index in [-0.39, 0.29) is 6.04 Å². The van der Waals surface area contributed by atoms with Gasteiger partial charge in [-0.2, -0.15) is 0 Å². The van der Waals surface area contributed by atoms with Crippen molar-refractivity contribution in [1.82, 2.24) is 4.98 Å². The number of thiazole rings is 1. The maximum absolute atomic E-state index is 6.04. The fourth-order valence-corrected chi connectivity index (χ4v) is 3.76. The highest BCUT2D eigenvalue weighted by molar-refractivity contribution is 8.01. The predicted molar refractivity (Wildman–Crippen MR) is 76.6 cm³/mol.